The molecule has 3 nitrogen and oxygen atoms in total. The van der Waals surface area contributed by atoms with E-state index in [1.54, 1.807) is 43.5 Å². The van der Waals surface area contributed by atoms with E-state index in [9.17, 15) is 9.90 Å². The van der Waals surface area contributed by atoms with Crippen LogP contribution in [0.3, 0.4) is 0 Å². The Bertz CT molecular complexity index is 752. The molecule has 114 valence electrons. The summed E-state index contributed by atoms with van der Waals surface area (Å²) in [6.45, 7) is 1.86. The number of halogens is 2. The summed E-state index contributed by atoms with van der Waals surface area (Å²) in [5, 5.41) is 10.4. The van der Waals surface area contributed by atoms with E-state index in [0.29, 0.717) is 26.9 Å². The molecule has 0 fully saturated rings. The predicted octanol–water partition coefficient (Wildman–Crippen LogP) is 4.94. The van der Waals surface area contributed by atoms with E-state index in [0.717, 1.165) is 5.56 Å². The third-order valence-corrected chi connectivity index (χ3v) is 3.76. The smallest absolute Gasteiger partial charge is 0.336 e. The first-order valence-electron chi connectivity index (χ1n) is 6.47. The van der Waals surface area contributed by atoms with Gasteiger partial charge in [-0.3, -0.25) is 0 Å². The SMILES string of the molecule is COc1ccc(/C(=C/c2ccc(Cl)cc2Cl)C(=O)O)cc1C. The summed E-state index contributed by atoms with van der Waals surface area (Å²) in [5.41, 5.74) is 2.18. The number of benzene rings is 2. The highest BCUT2D eigenvalue weighted by Crippen LogP contribution is 2.28. The lowest BCUT2D eigenvalue weighted by Gasteiger charge is -2.09. The summed E-state index contributed by atoms with van der Waals surface area (Å²) in [6, 6.07) is 10.1. The van der Waals surface area contributed by atoms with Crippen LogP contribution in [-0.4, -0.2) is 18.2 Å². The molecule has 0 radical (unpaired) electrons. The predicted molar refractivity (Wildman–Crippen MR) is 89.7 cm³/mol. The maximum absolute atomic E-state index is 11.6. The molecule has 0 aliphatic rings. The molecular weight excluding hydrogens is 323 g/mol. The second kappa shape index (κ2) is 6.86. The molecule has 0 aliphatic carbocycles. The van der Waals surface area contributed by atoms with Crippen LogP contribution in [0.25, 0.3) is 11.6 Å². The van der Waals surface area contributed by atoms with Gasteiger partial charge in [-0.15, -0.1) is 0 Å². The van der Waals surface area contributed by atoms with Crippen LogP contribution in [0.5, 0.6) is 5.75 Å². The molecule has 2 rings (SSSR count). The lowest BCUT2D eigenvalue weighted by atomic mass is 10.0. The molecule has 0 unspecified atom stereocenters. The van der Waals surface area contributed by atoms with Crippen LogP contribution in [0.15, 0.2) is 36.4 Å². The van der Waals surface area contributed by atoms with E-state index in [4.69, 9.17) is 27.9 Å². The summed E-state index contributed by atoms with van der Waals surface area (Å²) in [6.07, 6.45) is 1.53. The first-order chi connectivity index (χ1) is 10.4. The number of carbonyl (C=O) groups is 1. The van der Waals surface area contributed by atoms with Gasteiger partial charge in [0.1, 0.15) is 5.75 Å². The van der Waals surface area contributed by atoms with Crippen molar-refractivity contribution >= 4 is 40.8 Å². The minimum atomic E-state index is -1.03. The minimum Gasteiger partial charge on any atom is -0.496 e. The molecule has 0 amide bonds. The summed E-state index contributed by atoms with van der Waals surface area (Å²) in [4.78, 5) is 11.6. The quantitative estimate of drug-likeness (QED) is 0.635. The number of ether oxygens (including phenoxy) is 1. The van der Waals surface area contributed by atoms with E-state index >= 15 is 0 Å². The van der Waals surface area contributed by atoms with Gasteiger partial charge in [0.15, 0.2) is 0 Å². The van der Waals surface area contributed by atoms with Crippen molar-refractivity contribution in [2.45, 2.75) is 6.92 Å². The van der Waals surface area contributed by atoms with E-state index in [-0.39, 0.29) is 5.57 Å². The molecule has 0 bridgehead atoms. The van der Waals surface area contributed by atoms with Gasteiger partial charge in [0.05, 0.1) is 12.7 Å². The fourth-order valence-electron chi connectivity index (χ4n) is 2.09. The lowest BCUT2D eigenvalue weighted by Crippen LogP contribution is -2.00. The maximum atomic E-state index is 11.6. The molecule has 2 aromatic carbocycles. The van der Waals surface area contributed by atoms with Crippen molar-refractivity contribution in [3.8, 4) is 5.75 Å². The van der Waals surface area contributed by atoms with Gasteiger partial charge < -0.3 is 9.84 Å². The van der Waals surface area contributed by atoms with Gasteiger partial charge in [-0.25, -0.2) is 4.79 Å². The normalized spacial score (nSPS) is 11.4. The zero-order chi connectivity index (χ0) is 16.3. The Morgan fingerprint density at radius 1 is 1.18 bits per heavy atom. The summed E-state index contributed by atoms with van der Waals surface area (Å²) in [7, 11) is 1.57. The van der Waals surface area contributed by atoms with Crippen LogP contribution >= 0.6 is 23.2 Å². The monoisotopic (exact) mass is 336 g/mol. The van der Waals surface area contributed by atoms with Gasteiger partial charge in [-0.1, -0.05) is 35.3 Å². The first kappa shape index (κ1) is 16.4. The van der Waals surface area contributed by atoms with E-state index < -0.39 is 5.97 Å². The van der Waals surface area contributed by atoms with Crippen LogP contribution in [0.4, 0.5) is 0 Å². The Labute approximate surface area is 138 Å². The molecule has 0 aliphatic heterocycles. The molecular formula is C17H14Cl2O3. The minimum absolute atomic E-state index is 0.148. The van der Waals surface area contributed by atoms with Crippen LogP contribution < -0.4 is 4.74 Å². The summed E-state index contributed by atoms with van der Waals surface area (Å²) in [5.74, 6) is -0.325. The lowest BCUT2D eigenvalue weighted by molar-refractivity contribution is -0.130. The van der Waals surface area contributed by atoms with Crippen molar-refractivity contribution in [1.82, 2.24) is 0 Å². The number of aliphatic carboxylic acids is 1. The zero-order valence-electron chi connectivity index (χ0n) is 12.1. The number of carboxylic acid groups (broad SMARTS) is 1. The van der Waals surface area contributed by atoms with E-state index in [1.165, 1.54) is 6.08 Å². The number of rotatable bonds is 4. The third-order valence-electron chi connectivity index (χ3n) is 3.20. The van der Waals surface area contributed by atoms with Gasteiger partial charge in [0, 0.05) is 10.0 Å². The Morgan fingerprint density at radius 2 is 1.91 bits per heavy atom. The van der Waals surface area contributed by atoms with Crippen molar-refractivity contribution in [3.63, 3.8) is 0 Å². The molecule has 1 N–H and O–H groups in total. The van der Waals surface area contributed by atoms with Crippen LogP contribution in [0, 0.1) is 6.92 Å². The number of hydrogen-bond acceptors (Lipinski definition) is 2. The van der Waals surface area contributed by atoms with Gasteiger partial charge in [-0.2, -0.15) is 0 Å². The molecule has 2 aromatic rings. The van der Waals surface area contributed by atoms with Gasteiger partial charge in [0.25, 0.3) is 0 Å². The number of carboxylic acids is 1. The van der Waals surface area contributed by atoms with Gasteiger partial charge in [0.2, 0.25) is 0 Å². The van der Waals surface area contributed by atoms with Gasteiger partial charge in [-0.05, 0) is 54.0 Å². The zero-order valence-corrected chi connectivity index (χ0v) is 13.6. The number of methoxy groups -OCH3 is 1. The number of hydrogen-bond donors (Lipinski definition) is 1. The number of aryl methyl sites for hydroxylation is 1. The second-order valence-electron chi connectivity index (χ2n) is 4.71. The Hall–Kier alpha value is -1.97. The largest absolute Gasteiger partial charge is 0.496 e. The van der Waals surface area contributed by atoms with E-state index in [1.807, 2.05) is 6.92 Å². The van der Waals surface area contributed by atoms with Crippen molar-refractivity contribution in [2.75, 3.05) is 7.11 Å². The second-order valence-corrected chi connectivity index (χ2v) is 5.56. The van der Waals surface area contributed by atoms with Crippen molar-refractivity contribution in [2.24, 2.45) is 0 Å². The van der Waals surface area contributed by atoms with Gasteiger partial charge >= 0.3 is 5.97 Å². The van der Waals surface area contributed by atoms with Crippen LogP contribution in [0.2, 0.25) is 10.0 Å². The summed E-state index contributed by atoms with van der Waals surface area (Å²) >= 11 is 12.0. The molecule has 0 saturated heterocycles. The standard InChI is InChI=1S/C17H14Cl2O3/c1-10-7-11(4-6-16(10)22-2)14(17(20)21)8-12-3-5-13(18)9-15(12)19/h3-9H,1-2H3,(H,20,21)/b14-8-. The topological polar surface area (TPSA) is 46.5 Å². The Kier molecular flexibility index (Phi) is 5.11. The van der Waals surface area contributed by atoms with Crippen molar-refractivity contribution < 1.29 is 14.6 Å². The third kappa shape index (κ3) is 3.62. The van der Waals surface area contributed by atoms with Crippen molar-refractivity contribution in [1.29, 1.82) is 0 Å². The molecule has 0 aromatic heterocycles. The molecule has 0 spiro atoms. The average Bonchev–Trinajstić information content (AvgIpc) is 2.46. The molecule has 5 heteroatoms. The fraction of sp³-hybridized carbons (Fsp3) is 0.118. The first-order valence-corrected chi connectivity index (χ1v) is 7.23. The fourth-order valence-corrected chi connectivity index (χ4v) is 2.55. The highest BCUT2D eigenvalue weighted by molar-refractivity contribution is 6.36. The molecule has 0 atom stereocenters. The Morgan fingerprint density at radius 3 is 2.45 bits per heavy atom. The highest BCUT2D eigenvalue weighted by atomic mass is 35.5. The van der Waals surface area contributed by atoms with E-state index in [2.05, 4.69) is 0 Å². The molecule has 0 heterocycles. The molecule has 0 saturated carbocycles. The van der Waals surface area contributed by atoms with Crippen LogP contribution in [0.1, 0.15) is 16.7 Å². The van der Waals surface area contributed by atoms with Crippen LogP contribution in [-0.2, 0) is 4.79 Å². The Balaban J connectivity index is 2.52. The molecule has 22 heavy (non-hydrogen) atoms. The maximum Gasteiger partial charge on any atom is 0.336 e. The average molecular weight is 337 g/mol. The highest BCUT2D eigenvalue weighted by Gasteiger charge is 2.13. The summed E-state index contributed by atoms with van der Waals surface area (Å²) < 4.78 is 5.19. The van der Waals surface area contributed by atoms with Crippen molar-refractivity contribution in [3.05, 3.63) is 63.1 Å².